The van der Waals surface area contributed by atoms with Crippen LogP contribution in [-0.4, -0.2) is 163 Å². The third-order valence-electron chi connectivity index (χ3n) is 15.2. The van der Waals surface area contributed by atoms with Crippen molar-refractivity contribution in [1.29, 1.82) is 0 Å². The van der Waals surface area contributed by atoms with Gasteiger partial charge in [-0.2, -0.15) is 0 Å². The molecule has 11 atom stereocenters. The number of benzene rings is 4. The SMILES string of the molecule is CC[C@H](C)[C@H](NC(=O)[C@H](Cc1c[nH]c2ccccc12)NC(=O)[C@H](Cc1ccc(O)cc1)NC(=O)CNC(=O)[C@@H](NC(=O)[C@H](Cc1ccccc1)NC(=O)[C@@H](NC(=O)[C@H](Cc1ccc(O)cc1)NC(=O)CN)[C@@H](C)CC)[C@@H](C)O)C(=O)N[C@@H](CCC(=O)O)C(=O)O. The third kappa shape index (κ3) is 21.8. The number of carbonyl (C=O) groups excluding carboxylic acids is 9. The Kier molecular flexibility index (Phi) is 27.2. The molecule has 1 heterocycles. The van der Waals surface area contributed by atoms with Gasteiger partial charge in [0.1, 0.15) is 59.8 Å². The van der Waals surface area contributed by atoms with E-state index in [2.05, 4.69) is 52.8 Å². The first-order valence-electron chi connectivity index (χ1n) is 29.5. The topological polar surface area (TPSA) is 439 Å². The number of aromatic hydroxyl groups is 2. The lowest BCUT2D eigenvalue weighted by molar-refractivity contribution is -0.144. The number of nitrogens with two attached hydrogens (primary N) is 1. The fraction of sp³-hybridized carbons (Fsp3) is 0.413. The van der Waals surface area contributed by atoms with E-state index in [1.807, 2.05) is 0 Å². The standard InChI is InChI=1S/C63H81N11O16/c1-6-34(3)53(61(87)69-45(63(89)90)25-26-52(80)81)73-59(85)49(30-40-32-65-44-16-12-11-15-43(40)44)70-56(82)46(28-38-17-21-41(76)22-18-38)68-51(79)33-66-60(86)55(36(5)75)74-58(84)48(27-37-13-9-8-10-14-37)71-62(88)54(35(4)7-2)72-57(83)47(67-50(78)31-64)29-39-19-23-42(77)24-20-39/h8-24,32,34-36,45-49,53-55,65,75-77H,6-7,25-31,33,64H2,1-5H3,(H,66,86)(H,67,78)(H,68,79)(H,69,87)(H,70,82)(H,71,88)(H,72,83)(H,73,85)(H,74,84)(H,80,81)(H,89,90)/t34-,35-,36+,45-,46-,47-,48-,49-,53-,54-,55-/m0/s1. The number of hydrogen-bond acceptors (Lipinski definition) is 15. The van der Waals surface area contributed by atoms with Gasteiger partial charge in [-0.3, -0.25) is 47.9 Å². The lowest BCUT2D eigenvalue weighted by Crippen LogP contribution is -2.61. The van der Waals surface area contributed by atoms with Crippen LogP contribution in [0.3, 0.4) is 0 Å². The van der Waals surface area contributed by atoms with E-state index in [0.717, 1.165) is 0 Å². The number of aliphatic carboxylic acids is 2. The fourth-order valence-corrected chi connectivity index (χ4v) is 9.61. The molecule has 0 unspecified atom stereocenters. The maximum atomic E-state index is 14.6. The predicted octanol–water partition coefficient (Wildman–Crippen LogP) is 0.225. The van der Waals surface area contributed by atoms with Gasteiger partial charge >= 0.3 is 11.9 Å². The minimum atomic E-state index is -1.77. The number of aromatic amines is 1. The number of aromatic nitrogens is 1. The summed E-state index contributed by atoms with van der Waals surface area (Å²) in [6.45, 7) is 6.68. The van der Waals surface area contributed by atoms with Crippen molar-refractivity contribution in [3.63, 3.8) is 0 Å². The molecule has 90 heavy (non-hydrogen) atoms. The van der Waals surface area contributed by atoms with Crippen LogP contribution in [0, 0.1) is 11.8 Å². The lowest BCUT2D eigenvalue weighted by Gasteiger charge is -2.29. The van der Waals surface area contributed by atoms with Gasteiger partial charge in [0.25, 0.3) is 0 Å². The van der Waals surface area contributed by atoms with Crippen LogP contribution < -0.4 is 53.6 Å². The van der Waals surface area contributed by atoms with Gasteiger partial charge in [0.2, 0.25) is 53.2 Å². The highest BCUT2D eigenvalue weighted by molar-refractivity contribution is 5.99. The maximum absolute atomic E-state index is 14.6. The van der Waals surface area contributed by atoms with E-state index in [0.29, 0.717) is 46.0 Å². The predicted molar refractivity (Wildman–Crippen MR) is 328 cm³/mol. The van der Waals surface area contributed by atoms with Gasteiger partial charge in [-0.15, -0.1) is 0 Å². The van der Waals surface area contributed by atoms with Crippen molar-refractivity contribution >= 4 is 76.0 Å². The Labute approximate surface area is 519 Å². The van der Waals surface area contributed by atoms with Gasteiger partial charge < -0.3 is 84.1 Å². The molecule has 0 aliphatic rings. The Bertz CT molecular complexity index is 3290. The summed E-state index contributed by atoms with van der Waals surface area (Å²) < 4.78 is 0. The van der Waals surface area contributed by atoms with Crippen LogP contribution in [0.5, 0.6) is 11.5 Å². The van der Waals surface area contributed by atoms with Crippen molar-refractivity contribution in [1.82, 2.24) is 52.8 Å². The highest BCUT2D eigenvalue weighted by Crippen LogP contribution is 2.21. The third-order valence-corrected chi connectivity index (χ3v) is 15.2. The Morgan fingerprint density at radius 1 is 0.478 bits per heavy atom. The van der Waals surface area contributed by atoms with Crippen LogP contribution in [-0.2, 0) is 78.4 Å². The number of para-hydroxylation sites is 1. The van der Waals surface area contributed by atoms with Crippen molar-refractivity contribution in [2.75, 3.05) is 13.1 Å². The molecule has 17 N–H and O–H groups in total. The number of phenols is 2. The zero-order valence-corrected chi connectivity index (χ0v) is 50.6. The van der Waals surface area contributed by atoms with Gasteiger partial charge in [-0.1, -0.05) is 113 Å². The van der Waals surface area contributed by atoms with E-state index in [1.54, 1.807) is 101 Å². The monoisotopic (exact) mass is 1250 g/mol. The summed E-state index contributed by atoms with van der Waals surface area (Å²) in [5.74, 6) is -12.1. The van der Waals surface area contributed by atoms with E-state index < -0.39 is 157 Å². The summed E-state index contributed by atoms with van der Waals surface area (Å²) in [5, 5.41) is 73.6. The first-order valence-corrected chi connectivity index (χ1v) is 29.5. The number of rotatable bonds is 35. The minimum absolute atomic E-state index is 0.0279. The first kappa shape index (κ1) is 70.9. The number of hydrogen-bond donors (Lipinski definition) is 16. The second-order valence-corrected chi connectivity index (χ2v) is 22.1. The number of carboxylic acids is 2. The van der Waals surface area contributed by atoms with Crippen LogP contribution in [0.1, 0.15) is 82.6 Å². The summed E-state index contributed by atoms with van der Waals surface area (Å²) in [6.07, 6.45) is -1.04. The number of fused-ring (bicyclic) bond motifs is 1. The molecule has 5 rings (SSSR count). The second-order valence-electron chi connectivity index (χ2n) is 22.1. The summed E-state index contributed by atoms with van der Waals surface area (Å²) >= 11 is 0. The van der Waals surface area contributed by atoms with Crippen LogP contribution in [0.25, 0.3) is 10.9 Å². The van der Waals surface area contributed by atoms with Crippen LogP contribution in [0.4, 0.5) is 0 Å². The van der Waals surface area contributed by atoms with Crippen LogP contribution >= 0.6 is 0 Å². The number of aliphatic hydroxyl groups excluding tert-OH is 1. The molecule has 0 aliphatic heterocycles. The molecular weight excluding hydrogens is 1170 g/mol. The molecule has 27 nitrogen and oxygen atoms in total. The summed E-state index contributed by atoms with van der Waals surface area (Å²) in [7, 11) is 0. The highest BCUT2D eigenvalue weighted by atomic mass is 16.4. The molecule has 0 bridgehead atoms. The first-order chi connectivity index (χ1) is 42.8. The second kappa shape index (κ2) is 34.6. The molecule has 0 saturated heterocycles. The molecule has 0 aliphatic carbocycles. The lowest BCUT2D eigenvalue weighted by atomic mass is 9.96. The number of aliphatic hydroxyl groups is 1. The van der Waals surface area contributed by atoms with Gasteiger partial charge in [-0.25, -0.2) is 4.79 Å². The van der Waals surface area contributed by atoms with E-state index in [9.17, 15) is 78.3 Å². The van der Waals surface area contributed by atoms with Crippen LogP contribution in [0.15, 0.2) is 109 Å². The summed E-state index contributed by atoms with van der Waals surface area (Å²) in [6, 6.07) is 15.3. The van der Waals surface area contributed by atoms with E-state index in [-0.39, 0.29) is 37.2 Å². The number of H-pyrrole nitrogens is 1. The molecular formula is C63H81N11O16. The van der Waals surface area contributed by atoms with Crippen molar-refractivity contribution < 1.29 is 78.3 Å². The Balaban J connectivity index is 1.36. The van der Waals surface area contributed by atoms with Crippen LogP contribution in [0.2, 0.25) is 0 Å². The van der Waals surface area contributed by atoms with Gasteiger partial charge in [0, 0.05) is 49.2 Å². The van der Waals surface area contributed by atoms with Crippen molar-refractivity contribution in [2.24, 2.45) is 17.6 Å². The van der Waals surface area contributed by atoms with E-state index in [1.165, 1.54) is 43.3 Å². The quantitative estimate of drug-likeness (QED) is 0.0258. The Morgan fingerprint density at radius 2 is 0.900 bits per heavy atom. The average molecular weight is 1250 g/mol. The number of amides is 9. The van der Waals surface area contributed by atoms with Gasteiger partial charge in [-0.05, 0) is 77.8 Å². The van der Waals surface area contributed by atoms with Crippen molar-refractivity contribution in [2.45, 2.75) is 140 Å². The zero-order chi connectivity index (χ0) is 66.2. The Hall–Kier alpha value is -9.89. The summed E-state index contributed by atoms with van der Waals surface area (Å²) in [5.41, 5.74) is 8.33. The molecule has 0 fully saturated rings. The molecule has 9 amide bonds. The highest BCUT2D eigenvalue weighted by Gasteiger charge is 2.37. The molecule has 1 aromatic heterocycles. The molecule has 0 spiro atoms. The molecule has 484 valence electrons. The number of carbonyl (C=O) groups is 11. The Morgan fingerprint density at radius 3 is 1.38 bits per heavy atom. The van der Waals surface area contributed by atoms with Gasteiger partial charge in [0.05, 0.1) is 19.2 Å². The number of carboxylic acid groups (broad SMARTS) is 2. The van der Waals surface area contributed by atoms with E-state index in [4.69, 9.17) is 5.73 Å². The number of nitrogens with one attached hydrogen (secondary N) is 10. The smallest absolute Gasteiger partial charge is 0.326 e. The summed E-state index contributed by atoms with van der Waals surface area (Å²) in [4.78, 5) is 153. The van der Waals surface area contributed by atoms with E-state index >= 15 is 0 Å². The average Bonchev–Trinajstić information content (AvgIpc) is 1.93. The maximum Gasteiger partial charge on any atom is 0.326 e. The minimum Gasteiger partial charge on any atom is -0.508 e. The van der Waals surface area contributed by atoms with Crippen molar-refractivity contribution in [3.05, 3.63) is 132 Å². The zero-order valence-electron chi connectivity index (χ0n) is 50.6. The van der Waals surface area contributed by atoms with Gasteiger partial charge in [0.15, 0.2) is 0 Å². The molecule has 27 heteroatoms. The normalized spacial score (nSPS) is 14.8. The molecule has 0 radical (unpaired) electrons. The van der Waals surface area contributed by atoms with Crippen molar-refractivity contribution in [3.8, 4) is 11.5 Å². The molecule has 5 aromatic rings. The number of phenolic OH excluding ortho intramolecular Hbond substituents is 2. The fourth-order valence-electron chi connectivity index (χ4n) is 9.61. The largest absolute Gasteiger partial charge is 0.508 e. The molecule has 0 saturated carbocycles. The molecule has 4 aromatic carbocycles.